The summed E-state index contributed by atoms with van der Waals surface area (Å²) in [7, 11) is 3.06. The molecule has 6 N–H and O–H groups in total. The van der Waals surface area contributed by atoms with E-state index in [1.165, 1.54) is 14.2 Å². The fraction of sp³-hybridized carbons (Fsp3) is 0.721. The molecule has 1 aromatic rings. The molecule has 16 nitrogen and oxygen atoms in total. The smallest absolute Gasteiger partial charge is 0.329 e. The van der Waals surface area contributed by atoms with Crippen LogP contribution in [0.5, 0.6) is 11.5 Å². The molecule has 1 aliphatic rings. The summed E-state index contributed by atoms with van der Waals surface area (Å²) in [5.74, 6) is -1.31. The molecule has 0 saturated heterocycles. The Morgan fingerprint density at radius 1 is 0.695 bits per heavy atom. The number of urea groups is 1. The second-order valence-electron chi connectivity index (χ2n) is 18.1. The lowest BCUT2D eigenvalue weighted by molar-refractivity contribution is -0.159. The van der Waals surface area contributed by atoms with Crippen LogP contribution in [0.1, 0.15) is 126 Å². The second-order valence-corrected chi connectivity index (χ2v) is 18.1. The Bertz CT molecular complexity index is 1560. The topological polar surface area (TPSA) is 223 Å². The Morgan fingerprint density at radius 3 is 1.75 bits per heavy atom. The first-order chi connectivity index (χ1) is 27.4. The van der Waals surface area contributed by atoms with Crippen molar-refractivity contribution in [2.45, 2.75) is 161 Å². The minimum atomic E-state index is -1.22. The molecule has 1 aromatic carbocycles. The van der Waals surface area contributed by atoms with E-state index in [0.29, 0.717) is 49.6 Å². The number of unbranched alkanes of at least 4 members (excludes halogenated alkanes) is 1. The molecule has 1 aliphatic carbocycles. The van der Waals surface area contributed by atoms with Gasteiger partial charge in [0.2, 0.25) is 11.8 Å². The molecule has 334 valence electrons. The third kappa shape index (κ3) is 19.8. The SMILES string of the molecule is COc1ccc(C[C@H](NC(=O)C2CCC(CN)CC2)C(=O)NCCCC[C@H](NC(=O)N[C@@H](CCC(=O)OC(C)(C)C)C(=O)OC(C)(C)C)C(=O)OC(C)(C)C)cc1OC. The first-order valence-electron chi connectivity index (χ1n) is 20.7. The van der Waals surface area contributed by atoms with E-state index >= 15 is 0 Å². The zero-order chi connectivity index (χ0) is 44.6. The van der Waals surface area contributed by atoms with Gasteiger partial charge in [0.1, 0.15) is 34.9 Å². The number of benzene rings is 1. The van der Waals surface area contributed by atoms with Gasteiger partial charge in [-0.2, -0.15) is 0 Å². The first kappa shape index (κ1) is 50.5. The van der Waals surface area contributed by atoms with Crippen molar-refractivity contribution in [1.82, 2.24) is 21.3 Å². The average molecular weight is 834 g/mol. The Hall–Kier alpha value is -4.60. The third-order valence-corrected chi connectivity index (χ3v) is 9.34. The number of hydrogen-bond donors (Lipinski definition) is 5. The summed E-state index contributed by atoms with van der Waals surface area (Å²) in [6, 6.07) is 1.30. The van der Waals surface area contributed by atoms with Crippen LogP contribution in [0, 0.1) is 11.8 Å². The fourth-order valence-corrected chi connectivity index (χ4v) is 6.47. The summed E-state index contributed by atoms with van der Waals surface area (Å²) < 4.78 is 27.3. The van der Waals surface area contributed by atoms with Gasteiger partial charge in [-0.25, -0.2) is 14.4 Å². The molecule has 0 aliphatic heterocycles. The van der Waals surface area contributed by atoms with Crippen molar-refractivity contribution in [3.8, 4) is 11.5 Å². The lowest BCUT2D eigenvalue weighted by Gasteiger charge is -2.28. The van der Waals surface area contributed by atoms with Gasteiger partial charge in [0.15, 0.2) is 11.5 Å². The van der Waals surface area contributed by atoms with Gasteiger partial charge >= 0.3 is 23.9 Å². The maximum Gasteiger partial charge on any atom is 0.329 e. The zero-order valence-electron chi connectivity index (χ0n) is 37.2. The summed E-state index contributed by atoms with van der Waals surface area (Å²) in [6.07, 6.45) is 4.02. The van der Waals surface area contributed by atoms with Crippen LogP contribution in [0.4, 0.5) is 4.79 Å². The number of nitrogens with one attached hydrogen (secondary N) is 4. The van der Waals surface area contributed by atoms with Crippen molar-refractivity contribution in [3.63, 3.8) is 0 Å². The summed E-state index contributed by atoms with van der Waals surface area (Å²) in [5.41, 5.74) is 4.15. The monoisotopic (exact) mass is 834 g/mol. The fourth-order valence-electron chi connectivity index (χ4n) is 6.47. The number of nitrogens with two attached hydrogens (primary N) is 1. The van der Waals surface area contributed by atoms with E-state index in [4.69, 9.17) is 29.4 Å². The predicted octanol–water partition coefficient (Wildman–Crippen LogP) is 4.62. The van der Waals surface area contributed by atoms with Crippen LogP contribution in [0.25, 0.3) is 0 Å². The molecule has 3 atom stereocenters. The van der Waals surface area contributed by atoms with E-state index in [9.17, 15) is 28.8 Å². The van der Waals surface area contributed by atoms with Crippen LogP contribution >= 0.6 is 0 Å². The molecule has 0 bridgehead atoms. The predicted molar refractivity (Wildman–Crippen MR) is 223 cm³/mol. The van der Waals surface area contributed by atoms with E-state index < -0.39 is 58.9 Å². The van der Waals surface area contributed by atoms with Gasteiger partial charge in [0.05, 0.1) is 14.2 Å². The van der Waals surface area contributed by atoms with Crippen molar-refractivity contribution in [1.29, 1.82) is 0 Å². The molecular weight excluding hydrogens is 762 g/mol. The van der Waals surface area contributed by atoms with Crippen LogP contribution in [0.2, 0.25) is 0 Å². The highest BCUT2D eigenvalue weighted by molar-refractivity contribution is 5.89. The van der Waals surface area contributed by atoms with Crippen molar-refractivity contribution in [2.24, 2.45) is 17.6 Å². The molecule has 1 fully saturated rings. The van der Waals surface area contributed by atoms with Crippen LogP contribution in [0.3, 0.4) is 0 Å². The van der Waals surface area contributed by atoms with Gasteiger partial charge in [0.25, 0.3) is 0 Å². The number of ether oxygens (including phenoxy) is 5. The van der Waals surface area contributed by atoms with E-state index in [1.807, 2.05) is 6.07 Å². The minimum Gasteiger partial charge on any atom is -0.493 e. The molecule has 0 heterocycles. The largest absolute Gasteiger partial charge is 0.493 e. The van der Waals surface area contributed by atoms with Crippen molar-refractivity contribution < 1.29 is 52.5 Å². The summed E-state index contributed by atoms with van der Waals surface area (Å²) in [6.45, 7) is 16.1. The first-order valence-corrected chi connectivity index (χ1v) is 20.7. The minimum absolute atomic E-state index is 0.100. The summed E-state index contributed by atoms with van der Waals surface area (Å²) in [4.78, 5) is 79.2. The molecule has 0 aromatic heterocycles. The molecule has 1 saturated carbocycles. The van der Waals surface area contributed by atoms with E-state index in [0.717, 1.165) is 18.4 Å². The van der Waals surface area contributed by atoms with E-state index in [1.54, 1.807) is 74.4 Å². The van der Waals surface area contributed by atoms with Crippen molar-refractivity contribution >= 4 is 35.8 Å². The lowest BCUT2D eigenvalue weighted by atomic mass is 9.81. The van der Waals surface area contributed by atoms with Gasteiger partial charge in [0, 0.05) is 25.3 Å². The molecule has 0 unspecified atom stereocenters. The van der Waals surface area contributed by atoms with Gasteiger partial charge < -0.3 is 50.7 Å². The molecule has 0 radical (unpaired) electrons. The van der Waals surface area contributed by atoms with E-state index in [-0.39, 0.29) is 50.0 Å². The van der Waals surface area contributed by atoms with Gasteiger partial charge in [-0.1, -0.05) is 6.07 Å². The Kier molecular flexibility index (Phi) is 19.9. The summed E-state index contributed by atoms with van der Waals surface area (Å²) >= 11 is 0. The van der Waals surface area contributed by atoms with Crippen molar-refractivity contribution in [2.75, 3.05) is 27.3 Å². The highest BCUT2D eigenvalue weighted by Gasteiger charge is 2.32. The Morgan fingerprint density at radius 2 is 1.24 bits per heavy atom. The van der Waals surface area contributed by atoms with Gasteiger partial charge in [-0.3, -0.25) is 14.4 Å². The summed E-state index contributed by atoms with van der Waals surface area (Å²) in [5, 5.41) is 11.1. The number of methoxy groups -OCH3 is 2. The van der Waals surface area contributed by atoms with E-state index in [2.05, 4.69) is 21.3 Å². The molecule has 16 heteroatoms. The molecule has 59 heavy (non-hydrogen) atoms. The Labute approximate surface area is 350 Å². The number of carbonyl (C=O) groups is 6. The second kappa shape index (κ2) is 23.3. The quantitative estimate of drug-likeness (QED) is 0.0690. The van der Waals surface area contributed by atoms with Crippen LogP contribution < -0.4 is 36.5 Å². The number of carbonyl (C=O) groups excluding carboxylic acids is 6. The zero-order valence-corrected chi connectivity index (χ0v) is 37.2. The lowest BCUT2D eigenvalue weighted by Crippen LogP contribution is -2.53. The normalized spacial score (nSPS) is 17.3. The van der Waals surface area contributed by atoms with Gasteiger partial charge in [-0.05, 0) is 144 Å². The third-order valence-electron chi connectivity index (χ3n) is 9.34. The molecule has 2 rings (SSSR count). The van der Waals surface area contributed by atoms with Gasteiger partial charge in [-0.15, -0.1) is 0 Å². The number of amides is 4. The number of rotatable bonds is 20. The average Bonchev–Trinajstić information content (AvgIpc) is 3.13. The number of hydrogen-bond acceptors (Lipinski definition) is 12. The molecule has 0 spiro atoms. The number of esters is 3. The standard InChI is InChI=1S/C43H71N5O11/c1-41(2,3)57-35(49)22-20-31(39(53)59-43(7,8)9)48-40(54)47-30(38(52)58-42(4,5)6)14-12-13-23-45-37(51)32(24-28-17-21-33(55-10)34(25-28)56-11)46-36(50)29-18-15-27(26-44)16-19-29/h17,21,25,27,29-32H,12-16,18-20,22-24,26,44H2,1-11H3,(H,45,51)(H,46,50)(H2,47,48,54)/t27?,29?,30-,31-,32-/m0/s1. The van der Waals surface area contributed by atoms with Crippen LogP contribution in [-0.4, -0.2) is 98.0 Å². The molecule has 4 amide bonds. The van der Waals surface area contributed by atoms with Crippen LogP contribution in [-0.2, 0) is 44.6 Å². The Balaban J connectivity index is 2.13. The maximum absolute atomic E-state index is 13.7. The highest BCUT2D eigenvalue weighted by atomic mass is 16.6. The van der Waals surface area contributed by atoms with Crippen molar-refractivity contribution in [3.05, 3.63) is 23.8 Å². The van der Waals surface area contributed by atoms with Crippen LogP contribution in [0.15, 0.2) is 18.2 Å². The molecular formula is C43H71N5O11. The maximum atomic E-state index is 13.7. The highest BCUT2D eigenvalue weighted by Crippen LogP contribution is 2.30.